The van der Waals surface area contributed by atoms with E-state index in [9.17, 15) is 9.59 Å². The number of carbonyl (C=O) groups excluding carboxylic acids is 1. The number of oxime groups is 1. The van der Waals surface area contributed by atoms with Crippen LogP contribution in [-0.2, 0) is 19.2 Å². The lowest BCUT2D eigenvalue weighted by Crippen LogP contribution is -2.20. The molecule has 0 saturated heterocycles. The first kappa shape index (κ1) is 17.2. The molecule has 6 nitrogen and oxygen atoms in total. The van der Waals surface area contributed by atoms with E-state index in [4.69, 9.17) is 14.7 Å². The minimum absolute atomic E-state index is 0.0792. The lowest BCUT2D eigenvalue weighted by atomic mass is 9.91. The number of carboxylic acid groups (broad SMARTS) is 1. The second-order valence-electron chi connectivity index (χ2n) is 5.14. The normalized spacial score (nSPS) is 14.3. The fourth-order valence-electron chi connectivity index (χ4n) is 0.787. The topological polar surface area (TPSA) is 85.2 Å². The number of carboxylic acids is 1. The van der Waals surface area contributed by atoms with Crippen molar-refractivity contribution in [1.29, 1.82) is 0 Å². The van der Waals surface area contributed by atoms with Gasteiger partial charge >= 0.3 is 11.9 Å². The van der Waals surface area contributed by atoms with Crippen molar-refractivity contribution in [1.82, 2.24) is 0 Å². The fourth-order valence-corrected chi connectivity index (χ4v) is 0.787. The fraction of sp³-hybridized carbons (Fsp3) is 0.615. The number of aliphatic carboxylic acids is 1. The summed E-state index contributed by atoms with van der Waals surface area (Å²) < 4.78 is 4.88. The van der Waals surface area contributed by atoms with Crippen LogP contribution in [-0.4, -0.2) is 35.5 Å². The molecule has 0 fully saturated rings. The number of ether oxygens (including phenoxy) is 1. The van der Waals surface area contributed by atoms with E-state index in [0.29, 0.717) is 0 Å². The van der Waals surface area contributed by atoms with Gasteiger partial charge in [-0.2, -0.15) is 0 Å². The van der Waals surface area contributed by atoms with Gasteiger partial charge in [-0.3, -0.25) is 0 Å². The van der Waals surface area contributed by atoms with Gasteiger partial charge in [0.2, 0.25) is 0 Å². The molecule has 0 aliphatic carbocycles. The summed E-state index contributed by atoms with van der Waals surface area (Å²) in [4.78, 5) is 26.4. The maximum atomic E-state index is 11.2. The maximum absolute atomic E-state index is 11.2. The van der Waals surface area contributed by atoms with Gasteiger partial charge in [-0.1, -0.05) is 25.9 Å². The van der Waals surface area contributed by atoms with Crippen molar-refractivity contribution >= 4 is 17.7 Å². The lowest BCUT2D eigenvalue weighted by molar-refractivity contribution is -0.145. The van der Waals surface area contributed by atoms with E-state index in [1.165, 1.54) is 0 Å². The third-order valence-electron chi connectivity index (χ3n) is 2.28. The van der Waals surface area contributed by atoms with Gasteiger partial charge in [0.05, 0.1) is 5.71 Å². The molecule has 1 unspecified atom stereocenters. The van der Waals surface area contributed by atoms with Gasteiger partial charge in [0.1, 0.15) is 6.10 Å². The van der Waals surface area contributed by atoms with Crippen molar-refractivity contribution in [3.05, 3.63) is 12.2 Å². The Labute approximate surface area is 113 Å². The number of nitrogens with zero attached hydrogens (tertiary/aromatic N) is 1. The molecule has 0 bridgehead atoms. The monoisotopic (exact) mass is 271 g/mol. The van der Waals surface area contributed by atoms with Gasteiger partial charge in [0, 0.05) is 17.6 Å². The highest BCUT2D eigenvalue weighted by atomic mass is 16.6. The number of esters is 1. The molecule has 0 aromatic rings. The molecule has 0 rings (SSSR count). The molecule has 0 radical (unpaired) electrons. The maximum Gasteiger partial charge on any atom is 0.331 e. The van der Waals surface area contributed by atoms with Crippen LogP contribution in [0.25, 0.3) is 0 Å². The van der Waals surface area contributed by atoms with Gasteiger partial charge in [0.15, 0.2) is 6.61 Å². The summed E-state index contributed by atoms with van der Waals surface area (Å²) >= 11 is 0. The lowest BCUT2D eigenvalue weighted by Gasteiger charge is -2.17. The zero-order valence-corrected chi connectivity index (χ0v) is 12.0. The van der Waals surface area contributed by atoms with E-state index in [2.05, 4.69) is 5.16 Å². The highest BCUT2D eigenvalue weighted by Gasteiger charge is 2.15. The first-order valence-electron chi connectivity index (χ1n) is 5.91. The van der Waals surface area contributed by atoms with E-state index in [-0.39, 0.29) is 12.0 Å². The van der Waals surface area contributed by atoms with Crippen molar-refractivity contribution in [3.63, 3.8) is 0 Å². The molecular weight excluding hydrogens is 250 g/mol. The molecule has 0 heterocycles. The summed E-state index contributed by atoms with van der Waals surface area (Å²) in [6, 6.07) is 0. The minimum atomic E-state index is -1.20. The molecule has 0 aromatic carbocycles. The van der Waals surface area contributed by atoms with Crippen LogP contribution in [0.2, 0.25) is 0 Å². The van der Waals surface area contributed by atoms with E-state index in [1.807, 2.05) is 27.7 Å². The molecule has 0 aromatic heterocycles. The standard InChI is InChI=1S/C13H21NO5/c1-9(19-12(17)7-6-11(15)16)8-18-14-10(2)13(3,4)5/h6-7,9H,8H2,1-5H3,(H,15,16)/b7-6-,14-10+. The molecule has 1 atom stereocenters. The first-order valence-corrected chi connectivity index (χ1v) is 5.91. The summed E-state index contributed by atoms with van der Waals surface area (Å²) in [5.74, 6) is -1.93. The molecule has 19 heavy (non-hydrogen) atoms. The number of rotatable bonds is 6. The van der Waals surface area contributed by atoms with E-state index in [1.54, 1.807) is 6.92 Å². The van der Waals surface area contributed by atoms with Crippen LogP contribution >= 0.6 is 0 Å². The first-order chi connectivity index (χ1) is 8.62. The third kappa shape index (κ3) is 8.82. The van der Waals surface area contributed by atoms with Crippen LogP contribution in [0, 0.1) is 5.41 Å². The van der Waals surface area contributed by atoms with Gasteiger partial charge < -0.3 is 14.7 Å². The summed E-state index contributed by atoms with van der Waals surface area (Å²) in [5, 5.41) is 12.3. The molecule has 108 valence electrons. The van der Waals surface area contributed by atoms with Crippen LogP contribution in [0.4, 0.5) is 0 Å². The molecule has 1 N–H and O–H groups in total. The smallest absolute Gasteiger partial charge is 0.331 e. The highest BCUT2D eigenvalue weighted by Crippen LogP contribution is 2.15. The zero-order valence-electron chi connectivity index (χ0n) is 12.0. The Kier molecular flexibility index (Phi) is 6.82. The highest BCUT2D eigenvalue weighted by molar-refractivity contribution is 5.90. The van der Waals surface area contributed by atoms with Gasteiger partial charge in [-0.25, -0.2) is 9.59 Å². The summed E-state index contributed by atoms with van der Waals surface area (Å²) in [5.41, 5.74) is 0.751. The van der Waals surface area contributed by atoms with Gasteiger partial charge in [-0.05, 0) is 13.8 Å². The van der Waals surface area contributed by atoms with Crippen molar-refractivity contribution in [2.75, 3.05) is 6.61 Å². The number of hydrogen-bond acceptors (Lipinski definition) is 5. The Bertz CT molecular complexity index is 379. The van der Waals surface area contributed by atoms with Crippen molar-refractivity contribution in [2.24, 2.45) is 10.6 Å². The Morgan fingerprint density at radius 1 is 1.32 bits per heavy atom. The van der Waals surface area contributed by atoms with E-state index >= 15 is 0 Å². The molecule has 0 saturated carbocycles. The van der Waals surface area contributed by atoms with Crippen molar-refractivity contribution in [2.45, 2.75) is 40.7 Å². The molecular formula is C13H21NO5. The molecule has 6 heteroatoms. The molecule has 0 aliphatic heterocycles. The van der Waals surface area contributed by atoms with Crippen LogP contribution < -0.4 is 0 Å². The summed E-state index contributed by atoms with van der Waals surface area (Å²) in [6.45, 7) is 9.63. The van der Waals surface area contributed by atoms with Gasteiger partial charge in [0.25, 0.3) is 0 Å². The number of carbonyl (C=O) groups is 2. The minimum Gasteiger partial charge on any atom is -0.478 e. The predicted molar refractivity (Wildman–Crippen MR) is 70.8 cm³/mol. The summed E-state index contributed by atoms with van der Waals surface area (Å²) in [7, 11) is 0. The third-order valence-corrected chi connectivity index (χ3v) is 2.28. The second-order valence-corrected chi connectivity index (χ2v) is 5.14. The van der Waals surface area contributed by atoms with E-state index in [0.717, 1.165) is 17.9 Å². The second kappa shape index (κ2) is 7.56. The van der Waals surface area contributed by atoms with Crippen molar-refractivity contribution < 1.29 is 24.3 Å². The molecule has 0 amide bonds. The predicted octanol–water partition coefficient (Wildman–Crippen LogP) is 2.00. The Hall–Kier alpha value is -1.85. The Balaban J connectivity index is 4.10. The van der Waals surface area contributed by atoms with Gasteiger partial charge in [-0.15, -0.1) is 0 Å². The van der Waals surface area contributed by atoms with E-state index < -0.39 is 18.0 Å². The Morgan fingerprint density at radius 2 is 1.89 bits per heavy atom. The quantitative estimate of drug-likeness (QED) is 0.345. The molecule has 0 spiro atoms. The van der Waals surface area contributed by atoms with Crippen molar-refractivity contribution in [3.8, 4) is 0 Å². The average Bonchev–Trinajstić information content (AvgIpc) is 2.24. The van der Waals surface area contributed by atoms with Crippen LogP contribution in [0.5, 0.6) is 0 Å². The average molecular weight is 271 g/mol. The summed E-state index contributed by atoms with van der Waals surface area (Å²) in [6.07, 6.45) is 1.06. The SMILES string of the molecule is C/C(=N\OCC(C)OC(=O)/C=C\C(=O)O)C(C)(C)C. The number of hydrogen-bond donors (Lipinski definition) is 1. The van der Waals surface area contributed by atoms with Crippen LogP contribution in [0.15, 0.2) is 17.3 Å². The zero-order chi connectivity index (χ0) is 15.1. The Morgan fingerprint density at radius 3 is 2.37 bits per heavy atom. The molecule has 0 aliphatic rings. The van der Waals surface area contributed by atoms with Crippen LogP contribution in [0.1, 0.15) is 34.6 Å². The van der Waals surface area contributed by atoms with Crippen LogP contribution in [0.3, 0.4) is 0 Å². The largest absolute Gasteiger partial charge is 0.478 e.